The SMILES string of the molecule is Cc1ccc2c(c1)CC(O)(c1ccc(F)cc1)N1CCN=C21. The predicted molar refractivity (Wildman–Crippen MR) is 83.3 cm³/mol. The van der Waals surface area contributed by atoms with Crippen LogP contribution in [-0.2, 0) is 12.1 Å². The summed E-state index contributed by atoms with van der Waals surface area (Å²) in [5, 5.41) is 11.4. The first-order chi connectivity index (χ1) is 10.6. The van der Waals surface area contributed by atoms with Gasteiger partial charge in [-0.15, -0.1) is 0 Å². The summed E-state index contributed by atoms with van der Waals surface area (Å²) in [6.45, 7) is 3.39. The minimum absolute atomic E-state index is 0.297. The molecule has 0 fully saturated rings. The fourth-order valence-corrected chi connectivity index (χ4v) is 3.46. The maximum atomic E-state index is 13.2. The first-order valence-electron chi connectivity index (χ1n) is 7.48. The first kappa shape index (κ1) is 13.5. The van der Waals surface area contributed by atoms with Gasteiger partial charge in [0.25, 0.3) is 0 Å². The molecule has 0 bridgehead atoms. The van der Waals surface area contributed by atoms with Crippen LogP contribution in [0.25, 0.3) is 0 Å². The molecule has 2 heterocycles. The number of fused-ring (bicyclic) bond motifs is 3. The molecule has 2 aliphatic heterocycles. The van der Waals surface area contributed by atoms with Gasteiger partial charge in [-0.05, 0) is 24.6 Å². The van der Waals surface area contributed by atoms with E-state index in [4.69, 9.17) is 0 Å². The first-order valence-corrected chi connectivity index (χ1v) is 7.48. The molecule has 0 aliphatic carbocycles. The van der Waals surface area contributed by atoms with E-state index in [0.29, 0.717) is 25.1 Å². The summed E-state index contributed by atoms with van der Waals surface area (Å²) in [5.41, 5.74) is 2.88. The monoisotopic (exact) mass is 296 g/mol. The quantitative estimate of drug-likeness (QED) is 0.878. The highest BCUT2D eigenvalue weighted by Gasteiger charge is 2.44. The molecule has 22 heavy (non-hydrogen) atoms. The van der Waals surface area contributed by atoms with E-state index in [2.05, 4.69) is 23.2 Å². The Morgan fingerprint density at radius 2 is 1.95 bits per heavy atom. The van der Waals surface area contributed by atoms with Crippen molar-refractivity contribution in [3.8, 4) is 0 Å². The third-order valence-corrected chi connectivity index (χ3v) is 4.53. The van der Waals surface area contributed by atoms with E-state index in [-0.39, 0.29) is 5.82 Å². The average molecular weight is 296 g/mol. The zero-order valence-electron chi connectivity index (χ0n) is 12.4. The van der Waals surface area contributed by atoms with Crippen LogP contribution in [0.15, 0.2) is 47.5 Å². The molecule has 1 unspecified atom stereocenters. The minimum Gasteiger partial charge on any atom is -0.366 e. The number of amidine groups is 1. The summed E-state index contributed by atoms with van der Waals surface area (Å²) in [5.74, 6) is 0.544. The smallest absolute Gasteiger partial charge is 0.169 e. The van der Waals surface area contributed by atoms with Gasteiger partial charge in [0.05, 0.1) is 6.54 Å². The fourth-order valence-electron chi connectivity index (χ4n) is 3.46. The minimum atomic E-state index is -1.16. The molecule has 3 nitrogen and oxygen atoms in total. The molecule has 2 aromatic carbocycles. The second-order valence-electron chi connectivity index (χ2n) is 6.02. The topological polar surface area (TPSA) is 35.8 Å². The molecule has 1 N–H and O–H groups in total. The van der Waals surface area contributed by atoms with Crippen molar-refractivity contribution in [3.05, 3.63) is 70.5 Å². The number of nitrogens with zero attached hydrogens (tertiary/aromatic N) is 2. The van der Waals surface area contributed by atoms with Crippen molar-refractivity contribution in [2.24, 2.45) is 4.99 Å². The summed E-state index contributed by atoms with van der Waals surface area (Å²) in [7, 11) is 0. The lowest BCUT2D eigenvalue weighted by molar-refractivity contribution is -0.0745. The Labute approximate surface area is 128 Å². The highest BCUT2D eigenvalue weighted by atomic mass is 19.1. The van der Waals surface area contributed by atoms with Crippen molar-refractivity contribution in [3.63, 3.8) is 0 Å². The van der Waals surface area contributed by atoms with Crippen LogP contribution in [0.2, 0.25) is 0 Å². The summed E-state index contributed by atoms with van der Waals surface area (Å²) in [4.78, 5) is 6.52. The lowest BCUT2D eigenvalue weighted by Gasteiger charge is -2.44. The molecule has 4 rings (SSSR count). The van der Waals surface area contributed by atoms with Crippen LogP contribution in [0.4, 0.5) is 4.39 Å². The number of hydrogen-bond acceptors (Lipinski definition) is 3. The van der Waals surface area contributed by atoms with Crippen LogP contribution >= 0.6 is 0 Å². The van der Waals surface area contributed by atoms with E-state index in [1.807, 2.05) is 11.8 Å². The summed E-state index contributed by atoms with van der Waals surface area (Å²) in [6, 6.07) is 12.4. The van der Waals surface area contributed by atoms with E-state index in [1.165, 1.54) is 12.1 Å². The van der Waals surface area contributed by atoms with Gasteiger partial charge in [0.15, 0.2) is 5.72 Å². The lowest BCUT2D eigenvalue weighted by atomic mass is 9.85. The number of halogens is 1. The highest BCUT2D eigenvalue weighted by molar-refractivity contribution is 6.02. The Balaban J connectivity index is 1.88. The molecule has 0 amide bonds. The van der Waals surface area contributed by atoms with Gasteiger partial charge in [0.1, 0.15) is 11.7 Å². The van der Waals surface area contributed by atoms with Crippen molar-refractivity contribution in [1.29, 1.82) is 0 Å². The van der Waals surface area contributed by atoms with Crippen LogP contribution in [0.3, 0.4) is 0 Å². The Kier molecular flexibility index (Phi) is 2.84. The van der Waals surface area contributed by atoms with Gasteiger partial charge in [-0.1, -0.05) is 35.9 Å². The van der Waals surface area contributed by atoms with Gasteiger partial charge >= 0.3 is 0 Å². The number of aryl methyl sites for hydroxylation is 1. The number of benzene rings is 2. The number of aliphatic imine (C=N–C) groups is 1. The molecule has 0 radical (unpaired) electrons. The van der Waals surface area contributed by atoms with Crippen LogP contribution in [-0.4, -0.2) is 28.9 Å². The van der Waals surface area contributed by atoms with Gasteiger partial charge in [-0.2, -0.15) is 0 Å². The van der Waals surface area contributed by atoms with E-state index in [0.717, 1.165) is 22.5 Å². The molecule has 0 aromatic heterocycles. The second kappa shape index (κ2) is 4.65. The fraction of sp³-hybridized carbons (Fsp3) is 0.278. The van der Waals surface area contributed by atoms with Gasteiger partial charge in [-0.25, -0.2) is 4.39 Å². The second-order valence-corrected chi connectivity index (χ2v) is 6.02. The third kappa shape index (κ3) is 1.87. The maximum Gasteiger partial charge on any atom is 0.169 e. The van der Waals surface area contributed by atoms with Crippen LogP contribution in [0.1, 0.15) is 22.3 Å². The van der Waals surface area contributed by atoms with Gasteiger partial charge in [0.2, 0.25) is 0 Å². The van der Waals surface area contributed by atoms with Gasteiger partial charge in [0, 0.05) is 24.1 Å². The normalized spacial score (nSPS) is 23.0. The highest BCUT2D eigenvalue weighted by Crippen LogP contribution is 2.38. The third-order valence-electron chi connectivity index (χ3n) is 4.53. The van der Waals surface area contributed by atoms with Crippen LogP contribution in [0, 0.1) is 12.7 Å². The Hall–Kier alpha value is -2.20. The Morgan fingerprint density at radius 3 is 2.73 bits per heavy atom. The largest absolute Gasteiger partial charge is 0.366 e. The molecule has 2 aromatic rings. The van der Waals surface area contributed by atoms with Gasteiger partial charge < -0.3 is 10.0 Å². The summed E-state index contributed by atoms with van der Waals surface area (Å²) < 4.78 is 13.2. The van der Waals surface area contributed by atoms with Crippen LogP contribution < -0.4 is 0 Å². The van der Waals surface area contributed by atoms with Crippen molar-refractivity contribution in [2.75, 3.05) is 13.1 Å². The van der Waals surface area contributed by atoms with Gasteiger partial charge in [-0.3, -0.25) is 4.99 Å². The van der Waals surface area contributed by atoms with Crippen molar-refractivity contribution in [1.82, 2.24) is 4.90 Å². The number of rotatable bonds is 1. The Morgan fingerprint density at radius 1 is 1.18 bits per heavy atom. The molecular formula is C18H17FN2O. The summed E-state index contributed by atoms with van der Waals surface area (Å²) >= 11 is 0. The van der Waals surface area contributed by atoms with E-state index in [9.17, 15) is 9.50 Å². The molecule has 4 heteroatoms. The van der Waals surface area contributed by atoms with E-state index >= 15 is 0 Å². The Bertz CT molecular complexity index is 769. The van der Waals surface area contributed by atoms with Crippen molar-refractivity contribution in [2.45, 2.75) is 19.1 Å². The maximum absolute atomic E-state index is 13.2. The molecule has 0 saturated heterocycles. The number of hydrogen-bond donors (Lipinski definition) is 1. The molecular weight excluding hydrogens is 279 g/mol. The molecule has 112 valence electrons. The molecule has 2 aliphatic rings. The molecule has 1 atom stereocenters. The predicted octanol–water partition coefficient (Wildman–Crippen LogP) is 2.60. The van der Waals surface area contributed by atoms with Crippen LogP contribution in [0.5, 0.6) is 0 Å². The van der Waals surface area contributed by atoms with E-state index < -0.39 is 5.72 Å². The number of aliphatic hydroxyl groups is 1. The molecule has 0 saturated carbocycles. The standard InChI is InChI=1S/C18H17FN2O/c1-12-2-7-16-13(10-12)11-18(22,21-9-8-20-17(16)21)14-3-5-15(19)6-4-14/h2-7,10,22H,8-9,11H2,1H3. The average Bonchev–Trinajstić information content (AvgIpc) is 2.98. The van der Waals surface area contributed by atoms with E-state index in [1.54, 1.807) is 12.1 Å². The van der Waals surface area contributed by atoms with Crippen molar-refractivity contribution >= 4 is 5.84 Å². The summed E-state index contributed by atoms with van der Waals surface area (Å²) in [6.07, 6.45) is 0.481. The zero-order valence-corrected chi connectivity index (χ0v) is 12.4. The van der Waals surface area contributed by atoms with Crippen molar-refractivity contribution < 1.29 is 9.50 Å². The zero-order chi connectivity index (χ0) is 15.3. The lowest BCUT2D eigenvalue weighted by Crippen LogP contribution is -2.53. The molecule has 0 spiro atoms.